The number of carbonyl (C=O) groups is 1. The minimum atomic E-state index is -0.507. The molecule has 1 aromatic carbocycles. The fourth-order valence-electron chi connectivity index (χ4n) is 1.51. The van der Waals surface area contributed by atoms with E-state index in [9.17, 15) is 9.18 Å². The topological polar surface area (TPSA) is 51.2 Å². The molecule has 1 aromatic heterocycles. The number of halogens is 1. The molecule has 4 nitrogen and oxygen atoms in total. The zero-order valence-electron chi connectivity index (χ0n) is 9.68. The van der Waals surface area contributed by atoms with Gasteiger partial charge < -0.3 is 10.1 Å². The molecule has 1 N–H and O–H groups in total. The molecule has 92 valence electrons. The second kappa shape index (κ2) is 5.27. The number of nitrogens with zero attached hydrogens (tertiary/aromatic N) is 1. The van der Waals surface area contributed by atoms with Crippen molar-refractivity contribution in [2.75, 3.05) is 12.4 Å². The van der Waals surface area contributed by atoms with E-state index in [1.807, 2.05) is 0 Å². The van der Waals surface area contributed by atoms with Gasteiger partial charge in [-0.15, -0.1) is 0 Å². The van der Waals surface area contributed by atoms with Crippen LogP contribution in [-0.2, 0) is 0 Å². The molecule has 1 amide bonds. The third-order valence-corrected chi connectivity index (χ3v) is 2.31. The second-order valence-electron chi connectivity index (χ2n) is 3.55. The molecule has 0 unspecified atom stereocenters. The van der Waals surface area contributed by atoms with Crippen molar-refractivity contribution >= 4 is 11.6 Å². The lowest BCUT2D eigenvalue weighted by Gasteiger charge is -2.08. The monoisotopic (exact) mass is 246 g/mol. The Morgan fingerprint density at radius 3 is 2.83 bits per heavy atom. The average Bonchev–Trinajstić information content (AvgIpc) is 2.38. The highest BCUT2D eigenvalue weighted by Gasteiger charge is 2.11. The quantitative estimate of drug-likeness (QED) is 0.905. The first-order chi connectivity index (χ1) is 8.70. The number of methoxy groups -OCH3 is 1. The van der Waals surface area contributed by atoms with Crippen LogP contribution in [0.25, 0.3) is 0 Å². The molecular formula is C13H11FN2O2. The highest BCUT2D eigenvalue weighted by Crippen LogP contribution is 2.19. The minimum absolute atomic E-state index is 0.297. The third-order valence-electron chi connectivity index (χ3n) is 2.31. The minimum Gasteiger partial charge on any atom is -0.496 e. The van der Waals surface area contributed by atoms with E-state index in [-0.39, 0.29) is 5.91 Å². The lowest BCUT2D eigenvalue weighted by molar-refractivity contribution is 0.102. The summed E-state index contributed by atoms with van der Waals surface area (Å²) >= 11 is 0. The van der Waals surface area contributed by atoms with Gasteiger partial charge in [0.1, 0.15) is 11.6 Å². The molecule has 0 aliphatic carbocycles. The van der Waals surface area contributed by atoms with E-state index < -0.39 is 5.82 Å². The Labute approximate surface area is 103 Å². The van der Waals surface area contributed by atoms with E-state index in [4.69, 9.17) is 4.74 Å². The molecular weight excluding hydrogens is 235 g/mol. The molecule has 5 heteroatoms. The van der Waals surface area contributed by atoms with Crippen LogP contribution in [0, 0.1) is 5.82 Å². The van der Waals surface area contributed by atoms with Gasteiger partial charge in [0, 0.05) is 6.07 Å². The Morgan fingerprint density at radius 1 is 1.33 bits per heavy atom. The summed E-state index contributed by atoms with van der Waals surface area (Å²) in [6.45, 7) is 0. The zero-order chi connectivity index (χ0) is 13.0. The summed E-state index contributed by atoms with van der Waals surface area (Å²) in [6.07, 6.45) is 2.44. The van der Waals surface area contributed by atoms with E-state index in [2.05, 4.69) is 10.3 Å². The van der Waals surface area contributed by atoms with Crippen molar-refractivity contribution in [1.29, 1.82) is 0 Å². The van der Waals surface area contributed by atoms with Crippen molar-refractivity contribution in [3.05, 3.63) is 54.1 Å². The molecule has 0 aliphatic rings. The van der Waals surface area contributed by atoms with Gasteiger partial charge in [-0.05, 0) is 12.1 Å². The molecule has 2 aromatic rings. The van der Waals surface area contributed by atoms with Crippen molar-refractivity contribution in [3.8, 4) is 5.75 Å². The van der Waals surface area contributed by atoms with Crippen molar-refractivity contribution < 1.29 is 13.9 Å². The van der Waals surface area contributed by atoms with Gasteiger partial charge >= 0.3 is 0 Å². The zero-order valence-corrected chi connectivity index (χ0v) is 9.68. The van der Waals surface area contributed by atoms with Gasteiger partial charge in [0.25, 0.3) is 5.91 Å². The number of para-hydroxylation sites is 1. The molecule has 0 radical (unpaired) electrons. The van der Waals surface area contributed by atoms with E-state index in [0.717, 1.165) is 6.20 Å². The number of anilines is 1. The highest BCUT2D eigenvalue weighted by atomic mass is 19.1. The maximum absolute atomic E-state index is 12.9. The summed E-state index contributed by atoms with van der Waals surface area (Å²) in [5.41, 5.74) is 0.676. The van der Waals surface area contributed by atoms with Crippen LogP contribution in [0.1, 0.15) is 10.4 Å². The number of carbonyl (C=O) groups excluding carboxylic acids is 1. The molecule has 18 heavy (non-hydrogen) atoms. The van der Waals surface area contributed by atoms with Crippen molar-refractivity contribution in [2.24, 2.45) is 0 Å². The summed E-state index contributed by atoms with van der Waals surface area (Å²) in [4.78, 5) is 15.6. The number of ether oxygens (including phenoxy) is 1. The number of aromatic nitrogens is 1. The number of benzene rings is 1. The molecule has 0 fully saturated rings. The number of nitrogens with one attached hydrogen (secondary N) is 1. The van der Waals surface area contributed by atoms with Crippen molar-refractivity contribution in [1.82, 2.24) is 4.98 Å². The van der Waals surface area contributed by atoms with Gasteiger partial charge in [-0.25, -0.2) is 4.39 Å². The van der Waals surface area contributed by atoms with Crippen molar-refractivity contribution in [3.63, 3.8) is 0 Å². The smallest absolute Gasteiger partial charge is 0.259 e. The molecule has 1 heterocycles. The number of hydrogen-bond donors (Lipinski definition) is 1. The Bertz CT molecular complexity index is 572. The van der Waals surface area contributed by atoms with Crippen LogP contribution in [0.2, 0.25) is 0 Å². The van der Waals surface area contributed by atoms with E-state index in [1.165, 1.54) is 19.4 Å². The first-order valence-corrected chi connectivity index (χ1v) is 5.25. The lowest BCUT2D eigenvalue weighted by atomic mass is 10.2. The molecule has 0 saturated heterocycles. The van der Waals surface area contributed by atoms with Crippen LogP contribution in [0.5, 0.6) is 5.75 Å². The number of pyridine rings is 1. The summed E-state index contributed by atoms with van der Waals surface area (Å²) < 4.78 is 18.0. The van der Waals surface area contributed by atoms with Crippen LogP contribution in [0.15, 0.2) is 42.7 Å². The van der Waals surface area contributed by atoms with Gasteiger partial charge in [-0.3, -0.25) is 9.78 Å². The normalized spacial score (nSPS) is 9.89. The van der Waals surface area contributed by atoms with Crippen LogP contribution in [0.4, 0.5) is 10.1 Å². The summed E-state index contributed by atoms with van der Waals surface area (Å²) in [5.74, 6) is -0.424. The van der Waals surface area contributed by atoms with Crippen molar-refractivity contribution in [2.45, 2.75) is 0 Å². The number of amides is 1. The number of rotatable bonds is 3. The van der Waals surface area contributed by atoms with Crippen LogP contribution in [0.3, 0.4) is 0 Å². The van der Waals surface area contributed by atoms with E-state index in [1.54, 1.807) is 24.3 Å². The summed E-state index contributed by atoms with van der Waals surface area (Å²) in [5, 5.41) is 2.55. The number of hydrogen-bond acceptors (Lipinski definition) is 3. The maximum Gasteiger partial charge on any atom is 0.259 e. The molecule has 0 aliphatic heterocycles. The molecule has 0 atom stereocenters. The fraction of sp³-hybridized carbons (Fsp3) is 0.0769. The Balaban J connectivity index is 2.22. The molecule has 0 saturated carbocycles. The van der Waals surface area contributed by atoms with Gasteiger partial charge in [-0.1, -0.05) is 12.1 Å². The van der Waals surface area contributed by atoms with Gasteiger partial charge in [0.05, 0.1) is 30.8 Å². The van der Waals surface area contributed by atoms with Crippen LogP contribution < -0.4 is 10.1 Å². The van der Waals surface area contributed by atoms with Crippen LogP contribution >= 0.6 is 0 Å². The first-order valence-electron chi connectivity index (χ1n) is 5.25. The molecule has 0 spiro atoms. The summed E-state index contributed by atoms with van der Waals surface area (Å²) in [6, 6.07) is 7.99. The van der Waals surface area contributed by atoms with Crippen LogP contribution in [-0.4, -0.2) is 18.0 Å². The second-order valence-corrected chi connectivity index (χ2v) is 3.55. The van der Waals surface area contributed by atoms with E-state index >= 15 is 0 Å². The summed E-state index contributed by atoms with van der Waals surface area (Å²) in [7, 11) is 1.48. The third kappa shape index (κ3) is 2.63. The van der Waals surface area contributed by atoms with Gasteiger partial charge in [0.2, 0.25) is 0 Å². The standard InChI is InChI=1S/C13H11FN2O2/c1-18-12-5-3-2-4-11(12)13(17)16-10-6-9(14)7-15-8-10/h2-8H,1H3,(H,16,17). The maximum atomic E-state index is 12.9. The van der Waals surface area contributed by atoms with Gasteiger partial charge in [0.15, 0.2) is 0 Å². The lowest BCUT2D eigenvalue weighted by Crippen LogP contribution is -2.13. The predicted molar refractivity (Wildman–Crippen MR) is 65.1 cm³/mol. The van der Waals surface area contributed by atoms with Gasteiger partial charge in [-0.2, -0.15) is 0 Å². The molecule has 0 bridgehead atoms. The predicted octanol–water partition coefficient (Wildman–Crippen LogP) is 2.48. The Hall–Kier alpha value is -2.43. The first kappa shape index (κ1) is 12.0. The SMILES string of the molecule is COc1ccccc1C(=O)Nc1cncc(F)c1. The highest BCUT2D eigenvalue weighted by molar-refractivity contribution is 6.06. The Morgan fingerprint density at radius 2 is 2.11 bits per heavy atom. The largest absolute Gasteiger partial charge is 0.496 e. The van der Waals surface area contributed by atoms with E-state index in [0.29, 0.717) is 17.0 Å². The Kier molecular flexibility index (Phi) is 3.52. The fourth-order valence-corrected chi connectivity index (χ4v) is 1.51. The average molecular weight is 246 g/mol. The molecule has 2 rings (SSSR count).